The van der Waals surface area contributed by atoms with Gasteiger partial charge < -0.3 is 9.67 Å². The van der Waals surface area contributed by atoms with Gasteiger partial charge in [0, 0.05) is 6.04 Å². The van der Waals surface area contributed by atoms with Crippen LogP contribution < -0.4 is 0 Å². The lowest BCUT2D eigenvalue weighted by Crippen LogP contribution is -2.07. The number of hydrogen-bond donors (Lipinski definition) is 1. The van der Waals surface area contributed by atoms with E-state index in [-0.39, 0.29) is 0 Å². The van der Waals surface area contributed by atoms with Gasteiger partial charge in [0.05, 0.1) is 22.9 Å². The molecule has 0 radical (unpaired) electrons. The maximum atomic E-state index is 11.0. The molecule has 0 spiro atoms. The van der Waals surface area contributed by atoms with E-state index in [0.717, 1.165) is 17.0 Å². The smallest absolute Gasteiger partial charge is 0.335 e. The molecule has 2 unspecified atom stereocenters. The summed E-state index contributed by atoms with van der Waals surface area (Å²) in [5, 5.41) is 9.03. The molecule has 0 saturated heterocycles. The molecule has 20 heavy (non-hydrogen) atoms. The molecular weight excluding hydrogens is 252 g/mol. The lowest BCUT2D eigenvalue weighted by molar-refractivity contribution is 0.0697. The number of rotatable bonds is 2. The minimum atomic E-state index is -0.898. The third kappa shape index (κ3) is 2.42. The van der Waals surface area contributed by atoms with Crippen LogP contribution in [0.15, 0.2) is 24.5 Å². The van der Waals surface area contributed by atoms with Crippen LogP contribution in [0.3, 0.4) is 0 Å². The van der Waals surface area contributed by atoms with E-state index in [1.54, 1.807) is 12.1 Å². The van der Waals surface area contributed by atoms with E-state index < -0.39 is 5.97 Å². The molecule has 4 heteroatoms. The van der Waals surface area contributed by atoms with Crippen LogP contribution in [-0.2, 0) is 0 Å². The molecule has 4 nitrogen and oxygen atoms in total. The third-order valence-corrected chi connectivity index (χ3v) is 4.44. The first kappa shape index (κ1) is 13.2. The first-order valence-corrected chi connectivity index (χ1v) is 7.35. The summed E-state index contributed by atoms with van der Waals surface area (Å²) in [6.07, 6.45) is 8.09. The molecule has 0 aliphatic heterocycles. The Labute approximate surface area is 118 Å². The van der Waals surface area contributed by atoms with Gasteiger partial charge in [-0.3, -0.25) is 0 Å². The number of fused-ring (bicyclic) bond motifs is 1. The Balaban J connectivity index is 1.94. The van der Waals surface area contributed by atoms with E-state index in [9.17, 15) is 4.79 Å². The Kier molecular flexibility index (Phi) is 3.47. The summed E-state index contributed by atoms with van der Waals surface area (Å²) in [6.45, 7) is 2.33. The number of aromatic carboxylic acids is 1. The maximum absolute atomic E-state index is 11.0. The average molecular weight is 272 g/mol. The highest BCUT2D eigenvalue weighted by atomic mass is 16.4. The lowest BCUT2D eigenvalue weighted by atomic mass is 10.0. The highest BCUT2D eigenvalue weighted by Gasteiger charge is 2.19. The molecule has 1 fully saturated rings. The van der Waals surface area contributed by atoms with Crippen LogP contribution in [0.1, 0.15) is 55.4 Å². The summed E-state index contributed by atoms with van der Waals surface area (Å²) in [7, 11) is 0. The third-order valence-electron chi connectivity index (χ3n) is 4.44. The molecule has 0 bridgehead atoms. The number of hydrogen-bond acceptors (Lipinski definition) is 2. The minimum Gasteiger partial charge on any atom is -0.478 e. The molecule has 1 aromatic heterocycles. The fraction of sp³-hybridized carbons (Fsp3) is 0.500. The van der Waals surface area contributed by atoms with Crippen molar-refractivity contribution in [2.45, 2.75) is 45.1 Å². The maximum Gasteiger partial charge on any atom is 0.335 e. The predicted octanol–water partition coefficient (Wildman–Crippen LogP) is 3.88. The second-order valence-corrected chi connectivity index (χ2v) is 5.93. The van der Waals surface area contributed by atoms with Crippen LogP contribution in [0.25, 0.3) is 11.0 Å². The molecule has 2 aromatic rings. The Morgan fingerprint density at radius 1 is 1.30 bits per heavy atom. The highest BCUT2D eigenvalue weighted by Crippen LogP contribution is 2.32. The summed E-state index contributed by atoms with van der Waals surface area (Å²) in [6, 6.07) is 5.72. The summed E-state index contributed by atoms with van der Waals surface area (Å²) >= 11 is 0. The number of benzene rings is 1. The zero-order valence-corrected chi connectivity index (χ0v) is 11.7. The Morgan fingerprint density at radius 3 is 2.95 bits per heavy atom. The van der Waals surface area contributed by atoms with Crippen molar-refractivity contribution in [3.8, 4) is 0 Å². The second kappa shape index (κ2) is 5.27. The molecule has 0 amide bonds. The largest absolute Gasteiger partial charge is 0.478 e. The molecule has 1 saturated carbocycles. The van der Waals surface area contributed by atoms with E-state index in [4.69, 9.17) is 5.11 Å². The molecule has 2 atom stereocenters. The quantitative estimate of drug-likeness (QED) is 0.844. The fourth-order valence-electron chi connectivity index (χ4n) is 3.20. The number of imidazole rings is 1. The first-order chi connectivity index (χ1) is 9.65. The van der Waals surface area contributed by atoms with Crippen molar-refractivity contribution in [1.29, 1.82) is 0 Å². The molecule has 106 valence electrons. The van der Waals surface area contributed by atoms with Gasteiger partial charge in [-0.05, 0) is 43.4 Å². The summed E-state index contributed by atoms with van der Waals surface area (Å²) < 4.78 is 2.24. The van der Waals surface area contributed by atoms with E-state index in [1.165, 1.54) is 32.1 Å². The van der Waals surface area contributed by atoms with E-state index in [2.05, 4.69) is 16.5 Å². The summed E-state index contributed by atoms with van der Waals surface area (Å²) in [5.41, 5.74) is 2.13. The highest BCUT2D eigenvalue weighted by molar-refractivity contribution is 5.92. The van der Waals surface area contributed by atoms with Gasteiger partial charge in [-0.1, -0.05) is 19.8 Å². The van der Waals surface area contributed by atoms with Gasteiger partial charge in [0.1, 0.15) is 0 Å². The van der Waals surface area contributed by atoms with Gasteiger partial charge in [0.2, 0.25) is 0 Å². The van der Waals surface area contributed by atoms with Crippen molar-refractivity contribution < 1.29 is 9.90 Å². The molecule has 1 aliphatic rings. The van der Waals surface area contributed by atoms with Crippen molar-refractivity contribution in [2.75, 3.05) is 0 Å². The van der Waals surface area contributed by atoms with Crippen molar-refractivity contribution >= 4 is 17.0 Å². The number of aromatic nitrogens is 2. The van der Waals surface area contributed by atoms with Gasteiger partial charge in [-0.15, -0.1) is 0 Å². The lowest BCUT2D eigenvalue weighted by Gasteiger charge is -2.17. The zero-order valence-electron chi connectivity index (χ0n) is 11.7. The number of carbonyl (C=O) groups is 1. The Morgan fingerprint density at radius 2 is 2.15 bits per heavy atom. The first-order valence-electron chi connectivity index (χ1n) is 7.35. The van der Waals surface area contributed by atoms with Crippen LogP contribution in [0.4, 0.5) is 0 Å². The van der Waals surface area contributed by atoms with Crippen molar-refractivity contribution in [3.63, 3.8) is 0 Å². The van der Waals surface area contributed by atoms with E-state index >= 15 is 0 Å². The van der Waals surface area contributed by atoms with Gasteiger partial charge in [0.15, 0.2) is 0 Å². The molecular formula is C16H20N2O2. The standard InChI is InChI=1S/C16H20N2O2/c1-11-3-2-4-13(7-5-11)18-10-17-14-9-12(16(19)20)6-8-15(14)18/h6,8-11,13H,2-5,7H2,1H3,(H,19,20). The van der Waals surface area contributed by atoms with Gasteiger partial charge in [-0.25, -0.2) is 9.78 Å². The second-order valence-electron chi connectivity index (χ2n) is 5.93. The van der Waals surface area contributed by atoms with Crippen LogP contribution >= 0.6 is 0 Å². The molecule has 3 rings (SSSR count). The van der Waals surface area contributed by atoms with Gasteiger partial charge >= 0.3 is 5.97 Å². The monoisotopic (exact) mass is 272 g/mol. The van der Waals surface area contributed by atoms with E-state index in [1.807, 2.05) is 12.4 Å². The normalized spacial score (nSPS) is 23.6. The van der Waals surface area contributed by atoms with Crippen molar-refractivity contribution in [1.82, 2.24) is 9.55 Å². The van der Waals surface area contributed by atoms with Gasteiger partial charge in [0.25, 0.3) is 0 Å². The number of nitrogens with zero attached hydrogens (tertiary/aromatic N) is 2. The SMILES string of the molecule is CC1CCCC(n2cnc3cc(C(=O)O)ccc32)CC1. The van der Waals surface area contributed by atoms with Gasteiger partial charge in [-0.2, -0.15) is 0 Å². The molecule has 1 aromatic carbocycles. The van der Waals surface area contributed by atoms with Crippen molar-refractivity contribution in [3.05, 3.63) is 30.1 Å². The predicted molar refractivity (Wildman–Crippen MR) is 78.0 cm³/mol. The summed E-state index contributed by atoms with van der Waals surface area (Å²) in [5.74, 6) is -0.0851. The molecule has 1 heterocycles. The Bertz CT molecular complexity index is 632. The Hall–Kier alpha value is -1.84. The topological polar surface area (TPSA) is 55.1 Å². The van der Waals surface area contributed by atoms with E-state index in [0.29, 0.717) is 11.6 Å². The van der Waals surface area contributed by atoms with Crippen LogP contribution in [-0.4, -0.2) is 20.6 Å². The molecule has 1 N–H and O–H groups in total. The number of carboxylic acids is 1. The average Bonchev–Trinajstić information content (AvgIpc) is 2.73. The summed E-state index contributed by atoms with van der Waals surface area (Å²) in [4.78, 5) is 15.4. The van der Waals surface area contributed by atoms with Crippen LogP contribution in [0, 0.1) is 5.92 Å². The number of carboxylic acid groups (broad SMARTS) is 1. The van der Waals surface area contributed by atoms with Crippen molar-refractivity contribution in [2.24, 2.45) is 5.92 Å². The fourth-order valence-corrected chi connectivity index (χ4v) is 3.20. The van der Waals surface area contributed by atoms with Crippen LogP contribution in [0.2, 0.25) is 0 Å². The minimum absolute atomic E-state index is 0.303. The zero-order chi connectivity index (χ0) is 14.1. The van der Waals surface area contributed by atoms with Crippen LogP contribution in [0.5, 0.6) is 0 Å². The molecule has 1 aliphatic carbocycles.